The predicted molar refractivity (Wildman–Crippen MR) is 128 cm³/mol. The number of aliphatic carboxylic acids is 1. The Labute approximate surface area is 201 Å². The van der Waals surface area contributed by atoms with Gasteiger partial charge in [0.2, 0.25) is 0 Å². The molecule has 9 heteroatoms. The third-order valence-corrected chi connectivity index (χ3v) is 6.61. The first-order chi connectivity index (χ1) is 16.5. The molecule has 0 bridgehead atoms. The molecule has 2 N–H and O–H groups in total. The normalized spacial score (nSPS) is 12.0. The van der Waals surface area contributed by atoms with Crippen molar-refractivity contribution in [1.29, 1.82) is 0 Å². The van der Waals surface area contributed by atoms with Crippen LogP contribution in [-0.4, -0.2) is 52.7 Å². The number of carboxylic acid groups (broad SMARTS) is 1. The molecule has 4 rings (SSSR count). The zero-order valence-electron chi connectivity index (χ0n) is 18.7. The molecule has 0 saturated carbocycles. The van der Waals surface area contributed by atoms with Crippen LogP contribution in [0.1, 0.15) is 45.9 Å². The number of alkyl carbamates (subject to hydrolysis) is 1. The molecule has 1 heterocycles. The van der Waals surface area contributed by atoms with Gasteiger partial charge in [0, 0.05) is 24.4 Å². The van der Waals surface area contributed by atoms with E-state index in [-0.39, 0.29) is 43.6 Å². The standard InChI is InChI=1S/C25H25N3O5S/c1-2-28(12-11-23(29)30)24(31)21-15-34-22(27-21)13-26-25(32)33-14-20-18-9-5-3-7-16(18)17-8-4-6-10-19(17)20/h3-10,15,20H,2,11-14H2,1H3,(H,26,32)(H,29,30). The van der Waals surface area contributed by atoms with Gasteiger partial charge in [-0.3, -0.25) is 9.59 Å². The van der Waals surface area contributed by atoms with Crippen LogP contribution in [0.2, 0.25) is 0 Å². The van der Waals surface area contributed by atoms with Gasteiger partial charge in [0.05, 0.1) is 13.0 Å². The summed E-state index contributed by atoms with van der Waals surface area (Å²) in [7, 11) is 0. The number of hydrogen-bond donors (Lipinski definition) is 2. The monoisotopic (exact) mass is 479 g/mol. The van der Waals surface area contributed by atoms with Crippen LogP contribution in [0, 0.1) is 0 Å². The van der Waals surface area contributed by atoms with Gasteiger partial charge in [0.15, 0.2) is 0 Å². The molecular formula is C25H25N3O5S. The second-order valence-corrected chi connectivity index (χ2v) is 8.78. The number of aromatic nitrogens is 1. The van der Waals surface area contributed by atoms with Crippen molar-refractivity contribution in [3.05, 3.63) is 75.7 Å². The highest BCUT2D eigenvalue weighted by molar-refractivity contribution is 7.09. The molecular weight excluding hydrogens is 454 g/mol. The highest BCUT2D eigenvalue weighted by atomic mass is 32.1. The topological polar surface area (TPSA) is 109 Å². The number of carbonyl (C=O) groups excluding carboxylic acids is 2. The largest absolute Gasteiger partial charge is 0.481 e. The lowest BCUT2D eigenvalue weighted by atomic mass is 9.98. The van der Waals surface area contributed by atoms with Crippen LogP contribution < -0.4 is 5.32 Å². The van der Waals surface area contributed by atoms with Crippen LogP contribution in [0.15, 0.2) is 53.9 Å². The third kappa shape index (κ3) is 5.09. The minimum Gasteiger partial charge on any atom is -0.481 e. The Hall–Kier alpha value is -3.72. The van der Waals surface area contributed by atoms with Gasteiger partial charge in [-0.1, -0.05) is 48.5 Å². The van der Waals surface area contributed by atoms with Gasteiger partial charge in [0.1, 0.15) is 17.3 Å². The average molecular weight is 480 g/mol. The van der Waals surface area contributed by atoms with E-state index in [1.54, 1.807) is 12.3 Å². The quantitative estimate of drug-likeness (QED) is 0.478. The van der Waals surface area contributed by atoms with E-state index in [0.29, 0.717) is 11.6 Å². The summed E-state index contributed by atoms with van der Waals surface area (Å²) in [5.41, 5.74) is 4.85. The Morgan fingerprint density at radius 1 is 1.09 bits per heavy atom. The lowest BCUT2D eigenvalue weighted by Gasteiger charge is -2.18. The first-order valence-electron chi connectivity index (χ1n) is 11.0. The number of thiazole rings is 1. The first-order valence-corrected chi connectivity index (χ1v) is 11.9. The minimum atomic E-state index is -0.961. The third-order valence-electron chi connectivity index (χ3n) is 5.76. The fourth-order valence-electron chi connectivity index (χ4n) is 4.08. The maximum atomic E-state index is 12.6. The van der Waals surface area contributed by atoms with Crippen LogP contribution in [0.3, 0.4) is 0 Å². The maximum Gasteiger partial charge on any atom is 0.407 e. The highest BCUT2D eigenvalue weighted by Gasteiger charge is 2.29. The Morgan fingerprint density at radius 3 is 2.35 bits per heavy atom. The van der Waals surface area contributed by atoms with Crippen molar-refractivity contribution in [2.24, 2.45) is 0 Å². The minimum absolute atomic E-state index is 0.0203. The lowest BCUT2D eigenvalue weighted by molar-refractivity contribution is -0.137. The van der Waals surface area contributed by atoms with E-state index in [2.05, 4.69) is 34.6 Å². The van der Waals surface area contributed by atoms with Crippen LogP contribution in [0.5, 0.6) is 0 Å². The molecule has 2 amide bonds. The molecule has 8 nitrogen and oxygen atoms in total. The summed E-state index contributed by atoms with van der Waals surface area (Å²) >= 11 is 1.25. The van der Waals surface area contributed by atoms with Crippen molar-refractivity contribution >= 4 is 29.3 Å². The lowest BCUT2D eigenvalue weighted by Crippen LogP contribution is -2.33. The van der Waals surface area contributed by atoms with Crippen LogP contribution in [0.25, 0.3) is 11.1 Å². The van der Waals surface area contributed by atoms with Gasteiger partial charge >= 0.3 is 12.1 Å². The molecule has 0 radical (unpaired) electrons. The molecule has 1 aliphatic rings. The maximum absolute atomic E-state index is 12.6. The van der Waals surface area contributed by atoms with Crippen LogP contribution in [-0.2, 0) is 16.1 Å². The van der Waals surface area contributed by atoms with E-state index in [1.165, 1.54) is 16.2 Å². The van der Waals surface area contributed by atoms with E-state index in [9.17, 15) is 14.4 Å². The number of nitrogens with zero attached hydrogens (tertiary/aromatic N) is 2. The summed E-state index contributed by atoms with van der Waals surface area (Å²) in [4.78, 5) is 41.4. The van der Waals surface area contributed by atoms with Crippen LogP contribution >= 0.6 is 11.3 Å². The van der Waals surface area contributed by atoms with Crippen molar-refractivity contribution in [3.63, 3.8) is 0 Å². The van der Waals surface area contributed by atoms with Crippen molar-refractivity contribution in [1.82, 2.24) is 15.2 Å². The van der Waals surface area contributed by atoms with Crippen molar-refractivity contribution in [2.75, 3.05) is 19.7 Å². The zero-order valence-corrected chi connectivity index (χ0v) is 19.5. The van der Waals surface area contributed by atoms with Crippen LogP contribution in [0.4, 0.5) is 4.79 Å². The van der Waals surface area contributed by atoms with E-state index < -0.39 is 12.1 Å². The Balaban J connectivity index is 1.31. The number of rotatable bonds is 9. The molecule has 2 aromatic carbocycles. The molecule has 0 atom stereocenters. The summed E-state index contributed by atoms with van der Waals surface area (Å²) in [5, 5.41) is 13.7. The van der Waals surface area contributed by atoms with Crippen molar-refractivity contribution in [3.8, 4) is 11.1 Å². The molecule has 0 saturated heterocycles. The molecule has 0 spiro atoms. The van der Waals surface area contributed by atoms with Gasteiger partial charge in [0.25, 0.3) is 5.91 Å². The number of carbonyl (C=O) groups is 3. The molecule has 3 aromatic rings. The summed E-state index contributed by atoms with van der Waals surface area (Å²) in [6.07, 6.45) is -0.679. The number of ether oxygens (including phenoxy) is 1. The van der Waals surface area contributed by atoms with E-state index >= 15 is 0 Å². The zero-order chi connectivity index (χ0) is 24.1. The van der Waals surface area contributed by atoms with E-state index in [0.717, 1.165) is 22.3 Å². The van der Waals surface area contributed by atoms with Crippen molar-refractivity contribution in [2.45, 2.75) is 25.8 Å². The number of amides is 2. The molecule has 1 aromatic heterocycles. The molecule has 0 fully saturated rings. The van der Waals surface area contributed by atoms with E-state index in [4.69, 9.17) is 9.84 Å². The van der Waals surface area contributed by atoms with Gasteiger partial charge < -0.3 is 20.1 Å². The fourth-order valence-corrected chi connectivity index (χ4v) is 4.79. The number of carboxylic acids is 1. The average Bonchev–Trinajstić information content (AvgIpc) is 3.44. The fraction of sp³-hybridized carbons (Fsp3) is 0.280. The van der Waals surface area contributed by atoms with E-state index in [1.807, 2.05) is 24.3 Å². The first kappa shape index (κ1) is 23.4. The molecule has 176 valence electrons. The molecule has 0 aliphatic heterocycles. The smallest absolute Gasteiger partial charge is 0.407 e. The number of fused-ring (bicyclic) bond motifs is 3. The van der Waals surface area contributed by atoms with Gasteiger partial charge in [-0.05, 0) is 29.2 Å². The summed E-state index contributed by atoms with van der Waals surface area (Å²) < 4.78 is 5.52. The summed E-state index contributed by atoms with van der Waals surface area (Å²) in [6.45, 7) is 2.64. The molecule has 34 heavy (non-hydrogen) atoms. The number of hydrogen-bond acceptors (Lipinski definition) is 6. The predicted octanol–water partition coefficient (Wildman–Crippen LogP) is 4.12. The highest BCUT2D eigenvalue weighted by Crippen LogP contribution is 2.44. The second-order valence-electron chi connectivity index (χ2n) is 7.83. The van der Waals surface area contributed by atoms with Gasteiger partial charge in [-0.2, -0.15) is 0 Å². The summed E-state index contributed by atoms with van der Waals surface area (Å²) in [5.74, 6) is -1.31. The van der Waals surface area contributed by atoms with Gasteiger partial charge in [-0.15, -0.1) is 11.3 Å². The summed E-state index contributed by atoms with van der Waals surface area (Å²) in [6, 6.07) is 16.3. The Kier molecular flexibility index (Phi) is 7.22. The van der Waals surface area contributed by atoms with Crippen molar-refractivity contribution < 1.29 is 24.2 Å². The Morgan fingerprint density at radius 2 is 1.74 bits per heavy atom. The molecule has 0 unspecified atom stereocenters. The Bertz CT molecular complexity index is 1160. The second kappa shape index (κ2) is 10.5. The molecule has 1 aliphatic carbocycles. The SMILES string of the molecule is CCN(CCC(=O)O)C(=O)c1csc(CNC(=O)OCC2c3ccccc3-c3ccccc32)n1. The number of nitrogens with one attached hydrogen (secondary N) is 1. The van der Waals surface area contributed by atoms with Gasteiger partial charge in [-0.25, -0.2) is 9.78 Å². The number of benzene rings is 2.